The third-order valence-electron chi connectivity index (χ3n) is 10.4. The molecule has 0 spiro atoms. The zero-order valence-corrected chi connectivity index (χ0v) is 30.4. The molecule has 2 aliphatic heterocycles. The molecule has 3 aliphatic rings. The number of carbonyl (C=O) groups excluding carboxylic acids is 3. The summed E-state index contributed by atoms with van der Waals surface area (Å²) in [4.78, 5) is 62.0. The minimum absolute atomic E-state index is 0.0359. The monoisotopic (exact) mass is 690 g/mol. The Morgan fingerprint density at radius 2 is 1.84 bits per heavy atom. The van der Waals surface area contributed by atoms with E-state index >= 15 is 4.39 Å². The number of rotatable bonds is 8. The van der Waals surface area contributed by atoms with Crippen molar-refractivity contribution >= 4 is 28.9 Å². The minimum Gasteiger partial charge on any atom is -0.457 e. The van der Waals surface area contributed by atoms with Crippen LogP contribution in [0.1, 0.15) is 108 Å². The van der Waals surface area contributed by atoms with Crippen molar-refractivity contribution < 1.29 is 33.0 Å². The van der Waals surface area contributed by atoms with Gasteiger partial charge in [-0.25, -0.2) is 23.8 Å². The van der Waals surface area contributed by atoms with Gasteiger partial charge < -0.3 is 24.1 Å². The lowest BCUT2D eigenvalue weighted by atomic mass is 9.81. The maximum absolute atomic E-state index is 15.3. The average molecular weight is 691 g/mol. The highest BCUT2D eigenvalue weighted by Gasteiger charge is 2.52. The highest BCUT2D eigenvalue weighted by atomic mass is 19.1. The number of benzene rings is 1. The van der Waals surface area contributed by atoms with Gasteiger partial charge in [0.1, 0.15) is 24.1 Å². The summed E-state index contributed by atoms with van der Waals surface area (Å²) in [6.07, 6.45) is 0.682. The predicted octanol–water partition coefficient (Wildman–Crippen LogP) is 5.96. The number of pyridine rings is 2. The number of esters is 2. The van der Waals surface area contributed by atoms with Crippen LogP contribution in [0.4, 0.5) is 9.18 Å². The van der Waals surface area contributed by atoms with Crippen molar-refractivity contribution in [3.05, 3.63) is 61.7 Å². The molecule has 12 heteroatoms. The predicted molar refractivity (Wildman–Crippen MR) is 185 cm³/mol. The maximum Gasteiger partial charge on any atom is 0.408 e. The number of ether oxygens (including phenoxy) is 3. The van der Waals surface area contributed by atoms with Crippen LogP contribution in [0, 0.1) is 18.7 Å². The number of amides is 1. The number of carbonyl (C=O) groups is 3. The van der Waals surface area contributed by atoms with Crippen molar-refractivity contribution in [2.24, 2.45) is 5.92 Å². The lowest BCUT2D eigenvalue weighted by Gasteiger charge is -2.37. The van der Waals surface area contributed by atoms with Crippen LogP contribution in [-0.2, 0) is 49.0 Å². The van der Waals surface area contributed by atoms with Crippen molar-refractivity contribution in [1.82, 2.24) is 19.8 Å². The minimum atomic E-state index is -1.96. The Kier molecular flexibility index (Phi) is 9.07. The second kappa shape index (κ2) is 12.8. The van der Waals surface area contributed by atoms with E-state index in [2.05, 4.69) is 24.1 Å². The van der Waals surface area contributed by atoms with Gasteiger partial charge in [0, 0.05) is 28.6 Å². The number of nitrogens with one attached hydrogen (secondary N) is 1. The first-order chi connectivity index (χ1) is 23.6. The number of cyclic esters (lactones) is 1. The molecule has 3 atom stereocenters. The quantitative estimate of drug-likeness (QED) is 0.176. The lowest BCUT2D eigenvalue weighted by molar-refractivity contribution is -0.191. The number of hydrogen-bond acceptors (Lipinski definition) is 9. The average Bonchev–Trinajstić information content (AvgIpc) is 3.42. The van der Waals surface area contributed by atoms with Gasteiger partial charge in [0.2, 0.25) is 5.60 Å². The van der Waals surface area contributed by atoms with Gasteiger partial charge in [-0.1, -0.05) is 34.6 Å². The van der Waals surface area contributed by atoms with Crippen LogP contribution >= 0.6 is 0 Å². The second-order valence-electron chi connectivity index (χ2n) is 14.8. The third-order valence-corrected chi connectivity index (χ3v) is 10.4. The summed E-state index contributed by atoms with van der Waals surface area (Å²) in [5.41, 5.74) is 2.34. The fourth-order valence-corrected chi connectivity index (χ4v) is 7.88. The van der Waals surface area contributed by atoms with Crippen LogP contribution in [0.15, 0.2) is 16.9 Å². The van der Waals surface area contributed by atoms with Crippen LogP contribution in [0.5, 0.6) is 0 Å². The van der Waals surface area contributed by atoms with E-state index in [1.165, 1.54) is 6.07 Å². The molecule has 0 bridgehead atoms. The Morgan fingerprint density at radius 1 is 1.14 bits per heavy atom. The number of aromatic nitrogens is 2. The zero-order valence-electron chi connectivity index (χ0n) is 30.4. The van der Waals surface area contributed by atoms with Crippen molar-refractivity contribution in [2.75, 3.05) is 13.1 Å². The lowest BCUT2D eigenvalue weighted by Crippen LogP contribution is -2.53. The Hall–Kier alpha value is -4.32. The molecule has 50 heavy (non-hydrogen) atoms. The normalized spacial score (nSPS) is 19.9. The molecule has 0 saturated carbocycles. The summed E-state index contributed by atoms with van der Waals surface area (Å²) in [5.74, 6) is -2.43. The molecule has 1 amide bonds. The van der Waals surface area contributed by atoms with Gasteiger partial charge in [-0.3, -0.25) is 9.69 Å². The Labute approximate surface area is 291 Å². The number of fused-ring (bicyclic) bond motifs is 5. The Bertz CT molecular complexity index is 1980. The number of halogens is 1. The van der Waals surface area contributed by atoms with E-state index in [-0.39, 0.29) is 48.1 Å². The summed E-state index contributed by atoms with van der Waals surface area (Å²) in [5, 5.41) is 3.53. The summed E-state index contributed by atoms with van der Waals surface area (Å²) < 4.78 is 33.9. The van der Waals surface area contributed by atoms with E-state index in [0.29, 0.717) is 22.5 Å². The first-order valence-corrected chi connectivity index (χ1v) is 17.6. The van der Waals surface area contributed by atoms with Crippen LogP contribution in [0.3, 0.4) is 0 Å². The van der Waals surface area contributed by atoms with Crippen LogP contribution < -0.4 is 10.9 Å². The molecular weight excluding hydrogens is 643 g/mol. The Morgan fingerprint density at radius 3 is 2.46 bits per heavy atom. The van der Waals surface area contributed by atoms with Gasteiger partial charge in [-0.15, -0.1) is 0 Å². The fourth-order valence-electron chi connectivity index (χ4n) is 7.88. The van der Waals surface area contributed by atoms with Gasteiger partial charge in [-0.2, -0.15) is 0 Å². The molecule has 1 aliphatic carbocycles. The SMILES string of the molecule is CCN(CC)[C@H]1CCc2c(C)c(F)cc3nc4c(c1c23)Cn1c-4cc2c(c1=O)COC(=O)[C@@]2(CC)OC(=O)[C@@H](NC(=O)OC(C)(C)C)C(C)C. The van der Waals surface area contributed by atoms with E-state index in [9.17, 15) is 19.2 Å². The second-order valence-corrected chi connectivity index (χ2v) is 14.8. The molecule has 1 aromatic carbocycles. The van der Waals surface area contributed by atoms with E-state index < -0.39 is 41.2 Å². The molecule has 1 N–H and O–H groups in total. The summed E-state index contributed by atoms with van der Waals surface area (Å²) >= 11 is 0. The van der Waals surface area contributed by atoms with Gasteiger partial charge in [0.25, 0.3) is 5.56 Å². The summed E-state index contributed by atoms with van der Waals surface area (Å²) in [7, 11) is 0. The maximum atomic E-state index is 15.3. The van der Waals surface area contributed by atoms with Crippen molar-refractivity contribution in [3.63, 3.8) is 0 Å². The number of alkyl carbamates (subject to hydrolysis) is 1. The molecule has 6 rings (SSSR count). The number of nitrogens with zero attached hydrogens (tertiary/aromatic N) is 3. The summed E-state index contributed by atoms with van der Waals surface area (Å²) in [6, 6.07) is 2.07. The molecule has 0 unspecified atom stereocenters. The zero-order chi connectivity index (χ0) is 36.4. The highest BCUT2D eigenvalue weighted by molar-refractivity contribution is 5.94. The molecule has 0 fully saturated rings. The molecule has 0 radical (unpaired) electrons. The molecular formula is C38H47FN4O7. The first kappa shape index (κ1) is 35.5. The molecule has 4 heterocycles. The standard InChI is InChI=1S/C38H47FN4O7/c1-10-38(49-34(45)31(19(4)5)41-36(47)50-37(7,8)9)24-15-28-32-22(17-43(28)33(44)23(24)18-48-35(38)46)30-27(42(11-2)12-3)14-13-21-20(6)25(39)16-26(40-32)29(21)30/h15-16,19,27,31H,10-14,17-18H2,1-9H3,(H,41,47)/t27-,31-,38-/m0/s1. The van der Waals surface area contributed by atoms with Gasteiger partial charge in [0.15, 0.2) is 0 Å². The van der Waals surface area contributed by atoms with Gasteiger partial charge in [0.05, 0.1) is 29.0 Å². The first-order valence-electron chi connectivity index (χ1n) is 17.6. The van der Waals surface area contributed by atoms with E-state index in [1.54, 1.807) is 52.2 Å². The number of hydrogen-bond donors (Lipinski definition) is 1. The van der Waals surface area contributed by atoms with E-state index in [4.69, 9.17) is 19.2 Å². The van der Waals surface area contributed by atoms with Crippen molar-refractivity contribution in [1.29, 1.82) is 0 Å². The van der Waals surface area contributed by atoms with Crippen molar-refractivity contribution in [2.45, 2.75) is 118 Å². The van der Waals surface area contributed by atoms with Crippen molar-refractivity contribution in [3.8, 4) is 11.4 Å². The van der Waals surface area contributed by atoms with Gasteiger partial charge in [-0.05, 0) is 88.7 Å². The molecule has 11 nitrogen and oxygen atoms in total. The van der Waals surface area contributed by atoms with E-state index in [0.717, 1.165) is 48.0 Å². The van der Waals surface area contributed by atoms with Crippen LogP contribution in [-0.4, -0.2) is 57.2 Å². The van der Waals surface area contributed by atoms with Crippen LogP contribution in [0.2, 0.25) is 0 Å². The third kappa shape index (κ3) is 5.65. The number of aryl methyl sites for hydroxylation is 1. The Balaban J connectivity index is 1.51. The molecule has 0 saturated heterocycles. The fraction of sp³-hybridized carbons (Fsp3) is 0.553. The highest BCUT2D eigenvalue weighted by Crippen LogP contribution is 2.48. The van der Waals surface area contributed by atoms with Crippen LogP contribution in [0.25, 0.3) is 22.3 Å². The van der Waals surface area contributed by atoms with Gasteiger partial charge >= 0.3 is 18.0 Å². The molecule has 2 aromatic heterocycles. The largest absolute Gasteiger partial charge is 0.457 e. The smallest absolute Gasteiger partial charge is 0.408 e. The molecule has 268 valence electrons. The van der Waals surface area contributed by atoms with E-state index in [1.807, 2.05) is 6.92 Å². The topological polar surface area (TPSA) is 129 Å². The molecule has 3 aromatic rings. The summed E-state index contributed by atoms with van der Waals surface area (Å²) in [6.45, 7) is 17.9.